The van der Waals surface area contributed by atoms with Gasteiger partial charge >= 0.3 is 0 Å². The van der Waals surface area contributed by atoms with Crippen LogP contribution in [0, 0.1) is 0 Å². The molecule has 0 aliphatic carbocycles. The molecule has 3 aromatic rings. The van der Waals surface area contributed by atoms with Crippen LogP contribution >= 0.6 is 34.8 Å². The third kappa shape index (κ3) is 4.21. The monoisotopic (exact) mass is 407 g/mol. The zero-order chi connectivity index (χ0) is 18.7. The van der Waals surface area contributed by atoms with Crippen molar-refractivity contribution in [2.24, 2.45) is 0 Å². The molecule has 0 bridgehead atoms. The van der Waals surface area contributed by atoms with Gasteiger partial charge < -0.3 is 5.32 Å². The fraction of sp³-hybridized carbons (Fsp3) is 0.158. The minimum atomic E-state index is -0.266. The Morgan fingerprint density at radius 2 is 1.77 bits per heavy atom. The quantitative estimate of drug-likeness (QED) is 0.559. The van der Waals surface area contributed by atoms with Crippen molar-refractivity contribution in [3.63, 3.8) is 0 Å². The number of amides is 1. The molecule has 0 fully saturated rings. The van der Waals surface area contributed by atoms with E-state index in [1.807, 2.05) is 19.1 Å². The Morgan fingerprint density at radius 3 is 2.42 bits per heavy atom. The van der Waals surface area contributed by atoms with Crippen molar-refractivity contribution in [2.75, 3.05) is 5.32 Å². The number of aromatic nitrogens is 2. The predicted octanol–water partition coefficient (Wildman–Crippen LogP) is 6.04. The summed E-state index contributed by atoms with van der Waals surface area (Å²) in [7, 11) is 0. The first-order chi connectivity index (χ1) is 12.5. The van der Waals surface area contributed by atoms with Crippen molar-refractivity contribution in [3.05, 3.63) is 75.0 Å². The molecule has 0 unspecified atom stereocenters. The second kappa shape index (κ2) is 8.12. The number of anilines is 1. The van der Waals surface area contributed by atoms with Crippen LogP contribution in [0.2, 0.25) is 15.1 Å². The molecule has 2 aromatic carbocycles. The highest BCUT2D eigenvalue weighted by Gasteiger charge is 2.18. The summed E-state index contributed by atoms with van der Waals surface area (Å²) in [6, 6.07) is 12.2. The van der Waals surface area contributed by atoms with Crippen LogP contribution in [-0.4, -0.2) is 15.7 Å². The molecule has 26 heavy (non-hydrogen) atoms. The largest absolute Gasteiger partial charge is 0.321 e. The summed E-state index contributed by atoms with van der Waals surface area (Å²) in [5, 5.41) is 8.92. The highest BCUT2D eigenvalue weighted by Crippen LogP contribution is 2.26. The summed E-state index contributed by atoms with van der Waals surface area (Å²) in [6.07, 6.45) is 3.28. The van der Waals surface area contributed by atoms with E-state index in [9.17, 15) is 4.79 Å². The van der Waals surface area contributed by atoms with Crippen LogP contribution in [0.15, 0.2) is 48.7 Å². The molecule has 3 rings (SSSR count). The molecule has 0 atom stereocenters. The van der Waals surface area contributed by atoms with Gasteiger partial charge in [-0.3, -0.25) is 4.79 Å². The third-order valence-electron chi connectivity index (χ3n) is 3.79. The van der Waals surface area contributed by atoms with E-state index < -0.39 is 0 Å². The van der Waals surface area contributed by atoms with Crippen LogP contribution in [0.5, 0.6) is 0 Å². The summed E-state index contributed by atoms with van der Waals surface area (Å²) >= 11 is 18.0. The normalized spacial score (nSPS) is 10.8. The summed E-state index contributed by atoms with van der Waals surface area (Å²) in [6.45, 7) is 2.04. The maximum Gasteiger partial charge on any atom is 0.259 e. The van der Waals surface area contributed by atoms with Crippen molar-refractivity contribution in [2.45, 2.75) is 19.8 Å². The van der Waals surface area contributed by atoms with Crippen molar-refractivity contribution >= 4 is 46.4 Å². The zero-order valence-electron chi connectivity index (χ0n) is 14.0. The van der Waals surface area contributed by atoms with Gasteiger partial charge in [-0.25, -0.2) is 4.68 Å². The molecule has 0 saturated heterocycles. The summed E-state index contributed by atoms with van der Waals surface area (Å²) in [5.41, 5.74) is 2.57. The van der Waals surface area contributed by atoms with E-state index in [-0.39, 0.29) is 5.91 Å². The maximum absolute atomic E-state index is 12.8. The molecular formula is C19H16Cl3N3O. The number of nitrogens with zero attached hydrogens (tertiary/aromatic N) is 2. The average Bonchev–Trinajstić information content (AvgIpc) is 3.02. The van der Waals surface area contributed by atoms with Crippen LogP contribution in [-0.2, 0) is 6.42 Å². The van der Waals surface area contributed by atoms with E-state index in [0.29, 0.717) is 32.7 Å². The van der Waals surface area contributed by atoms with Crippen LogP contribution in [0.25, 0.3) is 5.69 Å². The fourth-order valence-corrected chi connectivity index (χ4v) is 3.11. The lowest BCUT2D eigenvalue weighted by molar-refractivity contribution is 0.102. The summed E-state index contributed by atoms with van der Waals surface area (Å²) < 4.78 is 1.68. The van der Waals surface area contributed by atoms with Gasteiger partial charge in [0.2, 0.25) is 0 Å². The van der Waals surface area contributed by atoms with Gasteiger partial charge in [0.25, 0.3) is 5.91 Å². The van der Waals surface area contributed by atoms with Crippen molar-refractivity contribution in [1.82, 2.24) is 9.78 Å². The maximum atomic E-state index is 12.8. The molecule has 7 heteroatoms. The topological polar surface area (TPSA) is 46.9 Å². The highest BCUT2D eigenvalue weighted by molar-refractivity contribution is 6.36. The van der Waals surface area contributed by atoms with Crippen molar-refractivity contribution in [1.29, 1.82) is 0 Å². The van der Waals surface area contributed by atoms with E-state index in [2.05, 4.69) is 10.4 Å². The van der Waals surface area contributed by atoms with Gasteiger partial charge in [0.05, 0.1) is 27.7 Å². The Labute approximate surface area is 166 Å². The summed E-state index contributed by atoms with van der Waals surface area (Å²) in [5.74, 6) is -0.266. The van der Waals surface area contributed by atoms with E-state index in [1.165, 1.54) is 0 Å². The lowest BCUT2D eigenvalue weighted by atomic mass is 10.1. The van der Waals surface area contributed by atoms with Gasteiger partial charge in [0.15, 0.2) is 0 Å². The molecule has 1 N–H and O–H groups in total. The molecule has 134 valence electrons. The average molecular weight is 409 g/mol. The van der Waals surface area contributed by atoms with Crippen molar-refractivity contribution < 1.29 is 4.79 Å². The van der Waals surface area contributed by atoms with Crippen LogP contribution < -0.4 is 5.32 Å². The van der Waals surface area contributed by atoms with Gasteiger partial charge in [-0.1, -0.05) is 48.1 Å². The van der Waals surface area contributed by atoms with E-state index in [1.54, 1.807) is 41.2 Å². The number of nitrogens with one attached hydrogen (secondary N) is 1. The molecule has 0 radical (unpaired) electrons. The van der Waals surface area contributed by atoms with Gasteiger partial charge in [-0.05, 0) is 48.9 Å². The molecule has 4 nitrogen and oxygen atoms in total. The first kappa shape index (κ1) is 18.8. The predicted molar refractivity (Wildman–Crippen MR) is 107 cm³/mol. The van der Waals surface area contributed by atoms with E-state index in [0.717, 1.165) is 17.8 Å². The summed E-state index contributed by atoms with van der Waals surface area (Å²) in [4.78, 5) is 12.8. The molecule has 1 aromatic heterocycles. The molecule has 0 aliphatic heterocycles. The lowest BCUT2D eigenvalue weighted by Crippen LogP contribution is -2.13. The second-order valence-corrected chi connectivity index (χ2v) is 7.02. The zero-order valence-corrected chi connectivity index (χ0v) is 16.2. The van der Waals surface area contributed by atoms with Crippen LogP contribution in [0.3, 0.4) is 0 Å². The van der Waals surface area contributed by atoms with Gasteiger partial charge in [-0.15, -0.1) is 0 Å². The minimum absolute atomic E-state index is 0.266. The number of halogens is 3. The van der Waals surface area contributed by atoms with Gasteiger partial charge in [-0.2, -0.15) is 5.10 Å². The smallest absolute Gasteiger partial charge is 0.259 e. The minimum Gasteiger partial charge on any atom is -0.321 e. The first-order valence-corrected chi connectivity index (χ1v) is 9.22. The molecule has 1 amide bonds. The number of aryl methyl sites for hydroxylation is 1. The van der Waals surface area contributed by atoms with Crippen LogP contribution in [0.1, 0.15) is 29.4 Å². The number of hydrogen-bond donors (Lipinski definition) is 1. The number of benzene rings is 2. The SMILES string of the molecule is CCCc1nn(-c2ccc(Cl)cc2)cc1C(=O)Nc1ccc(Cl)cc1Cl. The van der Waals surface area contributed by atoms with E-state index >= 15 is 0 Å². The molecule has 0 aliphatic rings. The van der Waals surface area contributed by atoms with Gasteiger partial charge in [0.1, 0.15) is 0 Å². The second-order valence-electron chi connectivity index (χ2n) is 5.74. The number of rotatable bonds is 5. The van der Waals surface area contributed by atoms with Crippen molar-refractivity contribution in [3.8, 4) is 5.69 Å². The number of hydrogen-bond acceptors (Lipinski definition) is 2. The molecule has 0 saturated carbocycles. The molecular weight excluding hydrogens is 393 g/mol. The Morgan fingerprint density at radius 1 is 1.08 bits per heavy atom. The standard InChI is InChI=1S/C19H16Cl3N3O/c1-2-3-17-15(11-25(24-17)14-7-4-12(20)5-8-14)19(26)23-18-9-6-13(21)10-16(18)22/h4-11H,2-3H2,1H3,(H,23,26). The lowest BCUT2D eigenvalue weighted by Gasteiger charge is -2.07. The first-order valence-electron chi connectivity index (χ1n) is 8.09. The van der Waals surface area contributed by atoms with E-state index in [4.69, 9.17) is 34.8 Å². The highest BCUT2D eigenvalue weighted by atomic mass is 35.5. The Kier molecular flexibility index (Phi) is 5.87. The fourth-order valence-electron chi connectivity index (χ4n) is 2.53. The number of carbonyl (C=O) groups excluding carboxylic acids is 1. The molecule has 0 spiro atoms. The third-order valence-corrected chi connectivity index (χ3v) is 4.59. The Bertz CT molecular complexity index is 936. The number of carbonyl (C=O) groups is 1. The van der Waals surface area contributed by atoms with Crippen LogP contribution in [0.4, 0.5) is 5.69 Å². The van der Waals surface area contributed by atoms with Gasteiger partial charge in [0, 0.05) is 16.2 Å². The molecule has 1 heterocycles. The Hall–Kier alpha value is -2.01. The Balaban J connectivity index is 1.92.